The van der Waals surface area contributed by atoms with Crippen LogP contribution in [0.3, 0.4) is 0 Å². The zero-order valence-corrected chi connectivity index (χ0v) is 15.4. The standard InChI is InChI=1S/C18H21N3O4S/c1-11-16(18(24)25)26-17(21-11)12(2)20-14(22)8-9-19-15(23)10-13-6-4-3-5-7-13/h3-7,12H,8-10H2,1-2H3,(H,19,23)(H,20,22)(H,24,25). The van der Waals surface area contributed by atoms with E-state index in [1.807, 2.05) is 30.3 Å². The first kappa shape index (κ1) is 19.6. The molecule has 0 aliphatic carbocycles. The second-order valence-corrected chi connectivity index (χ2v) is 6.85. The second-order valence-electron chi connectivity index (χ2n) is 5.82. The summed E-state index contributed by atoms with van der Waals surface area (Å²) in [7, 11) is 0. The molecule has 2 rings (SSSR count). The number of nitrogens with one attached hydrogen (secondary N) is 2. The van der Waals surface area contributed by atoms with Crippen molar-refractivity contribution in [3.05, 3.63) is 51.5 Å². The number of rotatable bonds is 8. The van der Waals surface area contributed by atoms with Gasteiger partial charge in [0, 0.05) is 13.0 Å². The van der Waals surface area contributed by atoms with Gasteiger partial charge >= 0.3 is 5.97 Å². The molecule has 0 radical (unpaired) electrons. The Morgan fingerprint density at radius 3 is 2.50 bits per heavy atom. The van der Waals surface area contributed by atoms with Crippen molar-refractivity contribution < 1.29 is 19.5 Å². The Morgan fingerprint density at radius 1 is 1.19 bits per heavy atom. The molecule has 0 aliphatic heterocycles. The molecule has 138 valence electrons. The minimum atomic E-state index is -1.02. The Hall–Kier alpha value is -2.74. The smallest absolute Gasteiger partial charge is 0.347 e. The van der Waals surface area contributed by atoms with Crippen LogP contribution in [0, 0.1) is 6.92 Å². The molecule has 0 saturated carbocycles. The van der Waals surface area contributed by atoms with Crippen LogP contribution in [0.1, 0.15) is 45.3 Å². The molecule has 3 N–H and O–H groups in total. The van der Waals surface area contributed by atoms with Gasteiger partial charge in [-0.05, 0) is 19.4 Å². The number of aryl methyl sites for hydroxylation is 1. The van der Waals surface area contributed by atoms with Crippen LogP contribution in [0.15, 0.2) is 30.3 Å². The number of thiazole rings is 1. The highest BCUT2D eigenvalue weighted by molar-refractivity contribution is 7.13. The van der Waals surface area contributed by atoms with Crippen LogP contribution in [-0.4, -0.2) is 34.4 Å². The summed E-state index contributed by atoms with van der Waals surface area (Å²) in [5.74, 6) is -1.40. The summed E-state index contributed by atoms with van der Waals surface area (Å²) in [6, 6.07) is 8.97. The molecule has 1 aromatic heterocycles. The van der Waals surface area contributed by atoms with Gasteiger partial charge in [0.2, 0.25) is 11.8 Å². The fourth-order valence-corrected chi connectivity index (χ4v) is 3.24. The number of carbonyl (C=O) groups excluding carboxylic acids is 2. The van der Waals surface area contributed by atoms with Gasteiger partial charge < -0.3 is 15.7 Å². The van der Waals surface area contributed by atoms with Crippen molar-refractivity contribution in [2.45, 2.75) is 32.7 Å². The Labute approximate surface area is 155 Å². The van der Waals surface area contributed by atoms with E-state index in [1.54, 1.807) is 13.8 Å². The zero-order valence-electron chi connectivity index (χ0n) is 14.6. The number of aromatic carboxylic acids is 1. The molecule has 0 bridgehead atoms. The number of carboxylic acid groups (broad SMARTS) is 1. The van der Waals surface area contributed by atoms with Gasteiger partial charge in [0.15, 0.2) is 0 Å². The van der Waals surface area contributed by atoms with Crippen LogP contribution in [-0.2, 0) is 16.0 Å². The highest BCUT2D eigenvalue weighted by Gasteiger charge is 2.19. The lowest BCUT2D eigenvalue weighted by atomic mass is 10.1. The number of hydrogen-bond donors (Lipinski definition) is 3. The predicted molar refractivity (Wildman–Crippen MR) is 98.1 cm³/mol. The van der Waals surface area contributed by atoms with Gasteiger partial charge in [-0.25, -0.2) is 9.78 Å². The summed E-state index contributed by atoms with van der Waals surface area (Å²) in [6.45, 7) is 3.61. The van der Waals surface area contributed by atoms with E-state index in [9.17, 15) is 14.4 Å². The number of carboxylic acids is 1. The molecular formula is C18H21N3O4S. The van der Waals surface area contributed by atoms with Gasteiger partial charge in [0.25, 0.3) is 0 Å². The molecule has 7 nitrogen and oxygen atoms in total. The Morgan fingerprint density at radius 2 is 1.88 bits per heavy atom. The number of nitrogens with zero attached hydrogens (tertiary/aromatic N) is 1. The monoisotopic (exact) mass is 375 g/mol. The van der Waals surface area contributed by atoms with Crippen molar-refractivity contribution in [1.82, 2.24) is 15.6 Å². The summed E-state index contributed by atoms with van der Waals surface area (Å²) >= 11 is 1.05. The number of hydrogen-bond acceptors (Lipinski definition) is 5. The Kier molecular flexibility index (Phi) is 6.85. The molecule has 1 heterocycles. The first-order valence-electron chi connectivity index (χ1n) is 8.17. The fourth-order valence-electron chi connectivity index (χ4n) is 2.34. The molecular weight excluding hydrogens is 354 g/mol. The minimum absolute atomic E-state index is 0.140. The van der Waals surface area contributed by atoms with Crippen molar-refractivity contribution in [3.8, 4) is 0 Å². The van der Waals surface area contributed by atoms with E-state index < -0.39 is 5.97 Å². The molecule has 1 unspecified atom stereocenters. The molecule has 2 aromatic rings. The van der Waals surface area contributed by atoms with Crippen LogP contribution in [0.25, 0.3) is 0 Å². The van der Waals surface area contributed by atoms with Crippen LogP contribution >= 0.6 is 11.3 Å². The lowest BCUT2D eigenvalue weighted by Crippen LogP contribution is -2.32. The number of amides is 2. The summed E-state index contributed by atoms with van der Waals surface area (Å²) in [5, 5.41) is 15.1. The van der Waals surface area contributed by atoms with Gasteiger partial charge in [-0.1, -0.05) is 30.3 Å². The second kappa shape index (κ2) is 9.10. The molecule has 8 heteroatoms. The minimum Gasteiger partial charge on any atom is -0.477 e. The van der Waals surface area contributed by atoms with Gasteiger partial charge in [-0.2, -0.15) is 0 Å². The maximum Gasteiger partial charge on any atom is 0.347 e. The van der Waals surface area contributed by atoms with Gasteiger partial charge in [0.1, 0.15) is 9.88 Å². The lowest BCUT2D eigenvalue weighted by molar-refractivity contribution is -0.122. The maximum atomic E-state index is 12.0. The quantitative estimate of drug-likeness (QED) is 0.655. The predicted octanol–water partition coefficient (Wildman–Crippen LogP) is 2.08. The van der Waals surface area contributed by atoms with E-state index in [0.29, 0.717) is 10.7 Å². The van der Waals surface area contributed by atoms with Crippen molar-refractivity contribution in [3.63, 3.8) is 0 Å². The highest BCUT2D eigenvalue weighted by atomic mass is 32.1. The van der Waals surface area contributed by atoms with Crippen LogP contribution in [0.2, 0.25) is 0 Å². The SMILES string of the molecule is Cc1nc(C(C)NC(=O)CCNC(=O)Cc2ccccc2)sc1C(=O)O. The highest BCUT2D eigenvalue weighted by Crippen LogP contribution is 2.23. The summed E-state index contributed by atoms with van der Waals surface area (Å²) in [5.41, 5.74) is 1.35. The van der Waals surface area contributed by atoms with Crippen molar-refractivity contribution in [2.24, 2.45) is 0 Å². The third-order valence-electron chi connectivity index (χ3n) is 3.64. The third kappa shape index (κ3) is 5.66. The van der Waals surface area contributed by atoms with Crippen molar-refractivity contribution in [2.75, 3.05) is 6.54 Å². The summed E-state index contributed by atoms with van der Waals surface area (Å²) in [4.78, 5) is 39.3. The third-order valence-corrected chi connectivity index (χ3v) is 4.97. The fraction of sp³-hybridized carbons (Fsp3) is 0.333. The topological polar surface area (TPSA) is 108 Å². The van der Waals surface area contributed by atoms with Gasteiger partial charge in [-0.3, -0.25) is 9.59 Å². The van der Waals surface area contributed by atoms with E-state index in [0.717, 1.165) is 16.9 Å². The molecule has 0 spiro atoms. The zero-order chi connectivity index (χ0) is 19.1. The molecule has 26 heavy (non-hydrogen) atoms. The van der Waals surface area contributed by atoms with Crippen LogP contribution < -0.4 is 10.6 Å². The maximum absolute atomic E-state index is 12.0. The number of benzene rings is 1. The normalized spacial score (nSPS) is 11.6. The number of carbonyl (C=O) groups is 3. The average molecular weight is 375 g/mol. The van der Waals surface area contributed by atoms with Gasteiger partial charge in [-0.15, -0.1) is 11.3 Å². The molecule has 0 fully saturated rings. The van der Waals surface area contributed by atoms with E-state index in [-0.39, 0.29) is 42.1 Å². The summed E-state index contributed by atoms with van der Waals surface area (Å²) < 4.78 is 0. The van der Waals surface area contributed by atoms with Crippen LogP contribution in [0.5, 0.6) is 0 Å². The Balaban J connectivity index is 1.75. The van der Waals surface area contributed by atoms with Gasteiger partial charge in [0.05, 0.1) is 18.2 Å². The molecule has 1 aromatic carbocycles. The lowest BCUT2D eigenvalue weighted by Gasteiger charge is -2.11. The van der Waals surface area contributed by atoms with E-state index in [4.69, 9.17) is 5.11 Å². The number of aromatic nitrogens is 1. The Bertz CT molecular complexity index is 789. The first-order valence-corrected chi connectivity index (χ1v) is 8.99. The summed E-state index contributed by atoms with van der Waals surface area (Å²) in [6.07, 6.45) is 0.413. The average Bonchev–Trinajstić information content (AvgIpc) is 2.98. The van der Waals surface area contributed by atoms with Crippen molar-refractivity contribution >= 4 is 29.1 Å². The largest absolute Gasteiger partial charge is 0.477 e. The van der Waals surface area contributed by atoms with E-state index in [2.05, 4.69) is 15.6 Å². The molecule has 1 atom stereocenters. The molecule has 0 saturated heterocycles. The van der Waals surface area contributed by atoms with E-state index in [1.165, 1.54) is 0 Å². The first-order chi connectivity index (χ1) is 12.4. The molecule has 0 aliphatic rings. The molecule has 2 amide bonds. The van der Waals surface area contributed by atoms with Crippen LogP contribution in [0.4, 0.5) is 0 Å². The van der Waals surface area contributed by atoms with E-state index >= 15 is 0 Å². The van der Waals surface area contributed by atoms with Crippen molar-refractivity contribution in [1.29, 1.82) is 0 Å².